The van der Waals surface area contributed by atoms with E-state index in [0.29, 0.717) is 0 Å². The van der Waals surface area contributed by atoms with Crippen LogP contribution in [0.5, 0.6) is 0 Å². The van der Waals surface area contributed by atoms with Crippen molar-refractivity contribution < 1.29 is 0 Å². The fourth-order valence-corrected chi connectivity index (χ4v) is 3.57. The summed E-state index contributed by atoms with van der Waals surface area (Å²) in [7, 11) is 0. The van der Waals surface area contributed by atoms with E-state index in [1.54, 1.807) is 11.3 Å². The molecule has 0 aliphatic carbocycles. The number of piperazine rings is 1. The molecule has 3 rings (SSSR count). The number of nitrogens with zero attached hydrogens (tertiary/aromatic N) is 3. The summed E-state index contributed by atoms with van der Waals surface area (Å²) in [5, 5.41) is 4.31. The van der Waals surface area contributed by atoms with Crippen LogP contribution < -0.4 is 0 Å². The fraction of sp³-hybridized carbons (Fsp3) is 0.462. The molecule has 0 radical (unpaired) electrons. The van der Waals surface area contributed by atoms with Gasteiger partial charge in [0.05, 0.1) is 11.2 Å². The predicted octanol–water partition coefficient (Wildman–Crippen LogP) is 2.52. The van der Waals surface area contributed by atoms with Crippen LogP contribution in [0.2, 0.25) is 0 Å². The van der Waals surface area contributed by atoms with Crippen molar-refractivity contribution in [1.29, 1.82) is 0 Å². The van der Waals surface area contributed by atoms with Crippen LogP contribution in [0.15, 0.2) is 28.4 Å². The number of thiazole rings is 1. The second-order valence-electron chi connectivity index (χ2n) is 4.61. The van der Waals surface area contributed by atoms with Crippen molar-refractivity contribution in [2.75, 3.05) is 26.2 Å². The summed E-state index contributed by atoms with van der Waals surface area (Å²) in [6, 6.07) is 4.37. The van der Waals surface area contributed by atoms with E-state index in [0.717, 1.165) is 26.2 Å². The molecule has 96 valence electrons. The Hall–Kier alpha value is -0.750. The SMILES string of the molecule is c1csc(CN2CCN(Cc3cscn3)CC2)c1. The second-order valence-corrected chi connectivity index (χ2v) is 6.36. The van der Waals surface area contributed by atoms with Gasteiger partial charge in [0.2, 0.25) is 0 Å². The zero-order valence-electron chi connectivity index (χ0n) is 10.3. The molecule has 1 fully saturated rings. The third-order valence-corrected chi connectivity index (χ3v) is 4.79. The van der Waals surface area contributed by atoms with Crippen LogP contribution in [0, 0.1) is 0 Å². The van der Waals surface area contributed by atoms with Crippen LogP contribution in [-0.4, -0.2) is 41.0 Å². The summed E-state index contributed by atoms with van der Waals surface area (Å²) in [6.07, 6.45) is 0. The monoisotopic (exact) mass is 279 g/mol. The number of thiophene rings is 1. The summed E-state index contributed by atoms with van der Waals surface area (Å²) < 4.78 is 0. The van der Waals surface area contributed by atoms with Gasteiger partial charge in [0, 0.05) is 49.5 Å². The molecular formula is C13H17N3S2. The lowest BCUT2D eigenvalue weighted by atomic mass is 10.3. The van der Waals surface area contributed by atoms with Gasteiger partial charge in [0.15, 0.2) is 0 Å². The number of aromatic nitrogens is 1. The molecule has 5 heteroatoms. The van der Waals surface area contributed by atoms with Gasteiger partial charge in [-0.25, -0.2) is 4.98 Å². The molecule has 3 heterocycles. The van der Waals surface area contributed by atoms with E-state index in [4.69, 9.17) is 0 Å². The Morgan fingerprint density at radius 1 is 1.11 bits per heavy atom. The molecule has 0 bridgehead atoms. The number of rotatable bonds is 4. The van der Waals surface area contributed by atoms with Gasteiger partial charge in [-0.2, -0.15) is 0 Å². The molecule has 0 saturated carbocycles. The minimum Gasteiger partial charge on any atom is -0.296 e. The quantitative estimate of drug-likeness (QED) is 0.857. The van der Waals surface area contributed by atoms with E-state index >= 15 is 0 Å². The Labute approximate surface area is 116 Å². The van der Waals surface area contributed by atoms with Crippen molar-refractivity contribution in [2.45, 2.75) is 13.1 Å². The van der Waals surface area contributed by atoms with Crippen molar-refractivity contribution in [3.63, 3.8) is 0 Å². The second kappa shape index (κ2) is 5.93. The molecule has 18 heavy (non-hydrogen) atoms. The average molecular weight is 279 g/mol. The first-order valence-corrected chi connectivity index (χ1v) is 8.06. The average Bonchev–Trinajstić information content (AvgIpc) is 3.05. The van der Waals surface area contributed by atoms with Gasteiger partial charge in [-0.1, -0.05) is 6.07 Å². The number of hydrogen-bond acceptors (Lipinski definition) is 5. The van der Waals surface area contributed by atoms with Crippen molar-refractivity contribution in [3.8, 4) is 0 Å². The Balaban J connectivity index is 1.46. The van der Waals surface area contributed by atoms with Gasteiger partial charge in [0.25, 0.3) is 0 Å². The lowest BCUT2D eigenvalue weighted by molar-refractivity contribution is 0.122. The van der Waals surface area contributed by atoms with Crippen LogP contribution in [0.4, 0.5) is 0 Å². The molecule has 3 nitrogen and oxygen atoms in total. The van der Waals surface area contributed by atoms with E-state index in [2.05, 4.69) is 37.7 Å². The molecule has 0 unspecified atom stereocenters. The third-order valence-electron chi connectivity index (χ3n) is 3.29. The fourth-order valence-electron chi connectivity index (χ4n) is 2.27. The lowest BCUT2D eigenvalue weighted by Crippen LogP contribution is -2.45. The minimum atomic E-state index is 1.01. The van der Waals surface area contributed by atoms with Crippen molar-refractivity contribution in [2.24, 2.45) is 0 Å². The summed E-state index contributed by atoms with van der Waals surface area (Å²) in [5.74, 6) is 0. The largest absolute Gasteiger partial charge is 0.296 e. The lowest BCUT2D eigenvalue weighted by Gasteiger charge is -2.34. The Bertz CT molecular complexity index is 400. The van der Waals surface area contributed by atoms with E-state index in [1.807, 2.05) is 16.8 Å². The molecule has 0 amide bonds. The van der Waals surface area contributed by atoms with Crippen LogP contribution in [0.1, 0.15) is 10.6 Å². The van der Waals surface area contributed by atoms with Gasteiger partial charge in [-0.3, -0.25) is 9.80 Å². The van der Waals surface area contributed by atoms with Crippen LogP contribution in [0.3, 0.4) is 0 Å². The van der Waals surface area contributed by atoms with Gasteiger partial charge in [-0.05, 0) is 11.4 Å². The highest BCUT2D eigenvalue weighted by atomic mass is 32.1. The Morgan fingerprint density at radius 3 is 2.50 bits per heavy atom. The van der Waals surface area contributed by atoms with E-state index in [1.165, 1.54) is 23.7 Å². The van der Waals surface area contributed by atoms with E-state index < -0.39 is 0 Å². The van der Waals surface area contributed by atoms with Crippen molar-refractivity contribution in [1.82, 2.24) is 14.8 Å². The van der Waals surface area contributed by atoms with E-state index in [9.17, 15) is 0 Å². The molecule has 2 aromatic heterocycles. The maximum Gasteiger partial charge on any atom is 0.0795 e. The molecule has 0 spiro atoms. The zero-order chi connectivity index (χ0) is 12.2. The Kier molecular flexibility index (Phi) is 4.05. The predicted molar refractivity (Wildman–Crippen MR) is 77.0 cm³/mol. The topological polar surface area (TPSA) is 19.4 Å². The molecule has 2 aromatic rings. The molecule has 1 aliphatic rings. The zero-order valence-corrected chi connectivity index (χ0v) is 11.9. The van der Waals surface area contributed by atoms with Crippen molar-refractivity contribution >= 4 is 22.7 Å². The maximum absolute atomic E-state index is 4.36. The van der Waals surface area contributed by atoms with Gasteiger partial charge in [-0.15, -0.1) is 22.7 Å². The van der Waals surface area contributed by atoms with Crippen LogP contribution >= 0.6 is 22.7 Å². The molecule has 0 aromatic carbocycles. The first kappa shape index (κ1) is 12.3. The smallest absolute Gasteiger partial charge is 0.0795 e. The summed E-state index contributed by atoms with van der Waals surface area (Å²) >= 11 is 3.54. The molecular weight excluding hydrogens is 262 g/mol. The van der Waals surface area contributed by atoms with E-state index in [-0.39, 0.29) is 0 Å². The highest BCUT2D eigenvalue weighted by Gasteiger charge is 2.17. The summed E-state index contributed by atoms with van der Waals surface area (Å²) in [5.41, 5.74) is 3.13. The first-order valence-electron chi connectivity index (χ1n) is 6.24. The minimum absolute atomic E-state index is 1.01. The Morgan fingerprint density at radius 2 is 1.89 bits per heavy atom. The third kappa shape index (κ3) is 3.17. The molecule has 1 saturated heterocycles. The standard InChI is InChI=1S/C13H17N3S2/c1-2-13(18-7-1)9-16-5-3-15(4-6-16)8-12-10-17-11-14-12/h1-2,7,10-11H,3-6,8-9H2. The highest BCUT2D eigenvalue weighted by molar-refractivity contribution is 7.09. The summed E-state index contributed by atoms with van der Waals surface area (Å²) in [6.45, 7) is 6.77. The maximum atomic E-state index is 4.36. The highest BCUT2D eigenvalue weighted by Crippen LogP contribution is 2.14. The molecule has 0 atom stereocenters. The number of hydrogen-bond donors (Lipinski definition) is 0. The normalized spacial score (nSPS) is 18.2. The van der Waals surface area contributed by atoms with Gasteiger partial charge in [0.1, 0.15) is 0 Å². The van der Waals surface area contributed by atoms with Crippen LogP contribution in [0.25, 0.3) is 0 Å². The molecule has 0 N–H and O–H groups in total. The first-order chi connectivity index (χ1) is 8.90. The van der Waals surface area contributed by atoms with Crippen LogP contribution in [-0.2, 0) is 13.1 Å². The molecule has 1 aliphatic heterocycles. The van der Waals surface area contributed by atoms with Gasteiger partial charge >= 0.3 is 0 Å². The van der Waals surface area contributed by atoms with Crippen molar-refractivity contribution in [3.05, 3.63) is 39.0 Å². The van der Waals surface area contributed by atoms with Gasteiger partial charge < -0.3 is 0 Å². The summed E-state index contributed by atoms with van der Waals surface area (Å²) in [4.78, 5) is 10.9.